The van der Waals surface area contributed by atoms with E-state index in [1.54, 1.807) is 0 Å². The van der Waals surface area contributed by atoms with Gasteiger partial charge in [0.05, 0.1) is 0 Å². The van der Waals surface area contributed by atoms with E-state index in [-0.39, 0.29) is 0 Å². The molecule has 2 rings (SSSR count). The van der Waals surface area contributed by atoms with Gasteiger partial charge in [0, 0.05) is 12.1 Å². The predicted molar refractivity (Wildman–Crippen MR) is 74.2 cm³/mol. The number of nitrogens with zero attached hydrogens (tertiary/aromatic N) is 1. The summed E-state index contributed by atoms with van der Waals surface area (Å²) in [6.45, 7) is 9.92. The molecule has 0 amide bonds. The van der Waals surface area contributed by atoms with Crippen LogP contribution in [0.1, 0.15) is 46.5 Å². The van der Waals surface area contributed by atoms with Crippen molar-refractivity contribution in [3.05, 3.63) is 0 Å². The Labute approximate surface area is 107 Å². The maximum Gasteiger partial charge on any atom is 0.0274 e. The van der Waals surface area contributed by atoms with Gasteiger partial charge in [-0.15, -0.1) is 0 Å². The Morgan fingerprint density at radius 2 is 1.59 bits per heavy atom. The summed E-state index contributed by atoms with van der Waals surface area (Å²) in [4.78, 5) is 2.78. The van der Waals surface area contributed by atoms with Crippen LogP contribution < -0.4 is 5.32 Å². The molecule has 0 aromatic carbocycles. The molecule has 17 heavy (non-hydrogen) atoms. The van der Waals surface area contributed by atoms with E-state index < -0.39 is 0 Å². The van der Waals surface area contributed by atoms with Gasteiger partial charge in [-0.25, -0.2) is 0 Å². The third-order valence-corrected chi connectivity index (χ3v) is 5.04. The summed E-state index contributed by atoms with van der Waals surface area (Å²) in [5.41, 5.74) is 0. The van der Waals surface area contributed by atoms with Crippen LogP contribution in [0, 0.1) is 17.8 Å². The molecule has 0 aromatic heterocycles. The molecule has 0 bridgehead atoms. The molecule has 100 valence electrons. The van der Waals surface area contributed by atoms with Gasteiger partial charge >= 0.3 is 0 Å². The predicted octanol–water partition coefficient (Wildman–Crippen LogP) is 2.74. The van der Waals surface area contributed by atoms with Gasteiger partial charge < -0.3 is 5.32 Å². The van der Waals surface area contributed by atoms with Gasteiger partial charge in [0.1, 0.15) is 0 Å². The van der Waals surface area contributed by atoms with Crippen LogP contribution in [-0.2, 0) is 0 Å². The Morgan fingerprint density at radius 3 is 2.18 bits per heavy atom. The van der Waals surface area contributed by atoms with E-state index in [9.17, 15) is 0 Å². The lowest BCUT2D eigenvalue weighted by Crippen LogP contribution is -2.57. The average molecular weight is 238 g/mol. The fourth-order valence-electron chi connectivity index (χ4n) is 4.07. The SMILES string of the molecule is CNC1CC(C)CC(C)C1N1CCC(C)CC1. The fourth-order valence-corrected chi connectivity index (χ4v) is 4.07. The minimum Gasteiger partial charge on any atom is -0.315 e. The van der Waals surface area contributed by atoms with Crippen LogP contribution in [0.3, 0.4) is 0 Å². The Morgan fingerprint density at radius 1 is 0.941 bits per heavy atom. The van der Waals surface area contributed by atoms with E-state index in [0.717, 1.165) is 23.8 Å². The Kier molecular flexibility index (Phi) is 4.48. The Balaban J connectivity index is 2.01. The zero-order valence-corrected chi connectivity index (χ0v) is 12.1. The third-order valence-electron chi connectivity index (χ3n) is 5.04. The molecule has 1 N–H and O–H groups in total. The molecule has 2 fully saturated rings. The van der Waals surface area contributed by atoms with Crippen LogP contribution in [0.25, 0.3) is 0 Å². The highest BCUT2D eigenvalue weighted by Gasteiger charge is 2.37. The van der Waals surface area contributed by atoms with E-state index in [1.807, 2.05) is 0 Å². The topological polar surface area (TPSA) is 15.3 Å². The van der Waals surface area contributed by atoms with Crippen molar-refractivity contribution in [3.63, 3.8) is 0 Å². The number of rotatable bonds is 2. The molecule has 4 atom stereocenters. The lowest BCUT2D eigenvalue weighted by Gasteiger charge is -2.47. The third kappa shape index (κ3) is 3.03. The van der Waals surface area contributed by atoms with Crippen molar-refractivity contribution in [3.8, 4) is 0 Å². The van der Waals surface area contributed by atoms with Crippen LogP contribution in [-0.4, -0.2) is 37.1 Å². The lowest BCUT2D eigenvalue weighted by molar-refractivity contribution is 0.0406. The van der Waals surface area contributed by atoms with E-state index in [4.69, 9.17) is 0 Å². The second-order valence-electron chi connectivity index (χ2n) is 6.66. The number of hydrogen-bond acceptors (Lipinski definition) is 2. The van der Waals surface area contributed by atoms with Gasteiger partial charge in [0.15, 0.2) is 0 Å². The quantitative estimate of drug-likeness (QED) is 0.796. The highest BCUT2D eigenvalue weighted by atomic mass is 15.2. The van der Waals surface area contributed by atoms with E-state index >= 15 is 0 Å². The maximum atomic E-state index is 3.58. The zero-order chi connectivity index (χ0) is 12.4. The molecular weight excluding hydrogens is 208 g/mol. The number of likely N-dealkylation sites (N-methyl/N-ethyl adjacent to an activating group) is 1. The highest BCUT2D eigenvalue weighted by molar-refractivity contribution is 4.94. The van der Waals surface area contributed by atoms with E-state index in [0.29, 0.717) is 6.04 Å². The molecule has 1 heterocycles. The minimum absolute atomic E-state index is 0.710. The fraction of sp³-hybridized carbons (Fsp3) is 1.00. The van der Waals surface area contributed by atoms with Gasteiger partial charge in [-0.05, 0) is 63.6 Å². The summed E-state index contributed by atoms with van der Waals surface area (Å²) in [5.74, 6) is 2.68. The zero-order valence-electron chi connectivity index (χ0n) is 12.1. The molecule has 2 heteroatoms. The first kappa shape index (κ1) is 13.4. The first-order chi connectivity index (χ1) is 8.11. The number of likely N-dealkylation sites (tertiary alicyclic amines) is 1. The van der Waals surface area contributed by atoms with Crippen LogP contribution in [0.15, 0.2) is 0 Å². The van der Waals surface area contributed by atoms with Crippen LogP contribution >= 0.6 is 0 Å². The smallest absolute Gasteiger partial charge is 0.0274 e. The molecule has 1 saturated carbocycles. The number of piperidine rings is 1. The summed E-state index contributed by atoms with van der Waals surface area (Å²) in [7, 11) is 2.15. The Hall–Kier alpha value is -0.0800. The molecule has 1 aliphatic carbocycles. The van der Waals surface area contributed by atoms with E-state index in [1.165, 1.54) is 38.8 Å². The first-order valence-electron chi connectivity index (χ1n) is 7.53. The standard InChI is InChI=1S/C15H30N2/c1-11-5-7-17(8-6-11)15-13(3)9-12(2)10-14(15)16-4/h11-16H,5-10H2,1-4H3. The Bertz CT molecular complexity index is 233. The molecule has 1 aliphatic heterocycles. The second kappa shape index (κ2) is 5.71. The normalized spacial score (nSPS) is 41.6. The van der Waals surface area contributed by atoms with Gasteiger partial charge in [-0.2, -0.15) is 0 Å². The van der Waals surface area contributed by atoms with Crippen molar-refractivity contribution in [2.75, 3.05) is 20.1 Å². The highest BCUT2D eigenvalue weighted by Crippen LogP contribution is 2.34. The summed E-state index contributed by atoms with van der Waals surface area (Å²) in [6, 6.07) is 1.49. The van der Waals surface area contributed by atoms with Gasteiger partial charge in [-0.1, -0.05) is 20.8 Å². The molecule has 4 unspecified atom stereocenters. The van der Waals surface area contributed by atoms with Crippen molar-refractivity contribution < 1.29 is 0 Å². The van der Waals surface area contributed by atoms with Crippen LogP contribution in [0.4, 0.5) is 0 Å². The molecule has 2 aliphatic rings. The monoisotopic (exact) mass is 238 g/mol. The maximum absolute atomic E-state index is 3.58. The summed E-state index contributed by atoms with van der Waals surface area (Å²) >= 11 is 0. The van der Waals surface area contributed by atoms with Gasteiger partial charge in [0.25, 0.3) is 0 Å². The summed E-state index contributed by atoms with van der Waals surface area (Å²) in [6.07, 6.45) is 5.57. The van der Waals surface area contributed by atoms with Crippen molar-refractivity contribution in [2.45, 2.75) is 58.5 Å². The molecule has 2 nitrogen and oxygen atoms in total. The molecule has 0 radical (unpaired) electrons. The van der Waals surface area contributed by atoms with Crippen molar-refractivity contribution in [2.24, 2.45) is 17.8 Å². The van der Waals surface area contributed by atoms with Gasteiger partial charge in [0.2, 0.25) is 0 Å². The molecular formula is C15H30N2. The summed E-state index contributed by atoms with van der Waals surface area (Å²) in [5, 5.41) is 3.58. The van der Waals surface area contributed by atoms with Crippen molar-refractivity contribution in [1.82, 2.24) is 10.2 Å². The molecule has 0 spiro atoms. The lowest BCUT2D eigenvalue weighted by atomic mass is 9.75. The summed E-state index contributed by atoms with van der Waals surface area (Å²) < 4.78 is 0. The van der Waals surface area contributed by atoms with Crippen LogP contribution in [0.2, 0.25) is 0 Å². The number of hydrogen-bond donors (Lipinski definition) is 1. The van der Waals surface area contributed by atoms with Crippen molar-refractivity contribution >= 4 is 0 Å². The minimum atomic E-state index is 0.710. The van der Waals surface area contributed by atoms with Crippen molar-refractivity contribution in [1.29, 1.82) is 0 Å². The number of nitrogens with one attached hydrogen (secondary N) is 1. The average Bonchev–Trinajstić information content (AvgIpc) is 2.30. The molecule has 0 aromatic rings. The molecule has 1 saturated heterocycles. The second-order valence-corrected chi connectivity index (χ2v) is 6.66. The first-order valence-corrected chi connectivity index (χ1v) is 7.53. The van der Waals surface area contributed by atoms with E-state index in [2.05, 4.69) is 38.0 Å². The largest absolute Gasteiger partial charge is 0.315 e. The van der Waals surface area contributed by atoms with Crippen LogP contribution in [0.5, 0.6) is 0 Å². The van der Waals surface area contributed by atoms with Gasteiger partial charge in [-0.3, -0.25) is 4.90 Å².